The number of hydrogen-bond acceptors (Lipinski definition) is 7. The second-order valence-electron chi connectivity index (χ2n) is 5.64. The van der Waals surface area contributed by atoms with Crippen molar-refractivity contribution in [2.24, 2.45) is 0 Å². The molecule has 9 heteroatoms. The summed E-state index contributed by atoms with van der Waals surface area (Å²) in [7, 11) is 0. The molecule has 3 aromatic rings. The van der Waals surface area contributed by atoms with Gasteiger partial charge in [0.2, 0.25) is 0 Å². The van der Waals surface area contributed by atoms with E-state index in [1.54, 1.807) is 22.9 Å². The minimum Gasteiger partial charge on any atom is -0.482 e. The molecular weight excluding hydrogens is 402 g/mol. The molecule has 0 aliphatic carbocycles. The number of anilines is 1. The Balaban J connectivity index is 1.46. The predicted molar refractivity (Wildman–Crippen MR) is 108 cm³/mol. The molecule has 136 valence electrons. The third-order valence-electron chi connectivity index (χ3n) is 3.79. The molecule has 4 rings (SSSR count). The number of thioether (sulfide) groups is 1. The van der Waals surface area contributed by atoms with Crippen LogP contribution in [0.15, 0.2) is 52.9 Å². The minimum absolute atomic E-state index is 0.00891. The number of fused-ring (bicyclic) bond motifs is 1. The monoisotopic (exact) mass is 415 g/mol. The van der Waals surface area contributed by atoms with E-state index in [9.17, 15) is 9.59 Å². The summed E-state index contributed by atoms with van der Waals surface area (Å²) in [6, 6.07) is 14.7. The average molecular weight is 416 g/mol. The molecule has 0 fully saturated rings. The van der Waals surface area contributed by atoms with Gasteiger partial charge in [0, 0.05) is 5.56 Å². The first-order chi connectivity index (χ1) is 13.1. The van der Waals surface area contributed by atoms with Crippen molar-refractivity contribution in [2.45, 2.75) is 4.34 Å². The molecule has 0 unspecified atom stereocenters. The summed E-state index contributed by atoms with van der Waals surface area (Å²) in [5.74, 6) is 0.506. The van der Waals surface area contributed by atoms with Gasteiger partial charge in [-0.2, -0.15) is 0 Å². The Morgan fingerprint density at radius 3 is 2.93 bits per heavy atom. The van der Waals surface area contributed by atoms with Crippen molar-refractivity contribution in [1.29, 1.82) is 0 Å². The Labute approximate surface area is 168 Å². The van der Waals surface area contributed by atoms with Gasteiger partial charge in [0.1, 0.15) is 5.75 Å². The second kappa shape index (κ2) is 7.63. The van der Waals surface area contributed by atoms with Gasteiger partial charge in [-0.15, -0.1) is 5.10 Å². The van der Waals surface area contributed by atoms with E-state index in [0.717, 1.165) is 10.0 Å². The first-order valence-electron chi connectivity index (χ1n) is 7.98. The van der Waals surface area contributed by atoms with Crippen LogP contribution in [0, 0.1) is 3.95 Å². The Hall–Kier alpha value is -2.49. The molecule has 2 heterocycles. The van der Waals surface area contributed by atoms with Crippen molar-refractivity contribution in [3.05, 3.63) is 58.0 Å². The van der Waals surface area contributed by atoms with E-state index in [1.807, 2.05) is 30.3 Å². The number of ether oxygens (including phenoxy) is 1. The molecule has 0 saturated heterocycles. The lowest BCUT2D eigenvalue weighted by Crippen LogP contribution is -2.25. The number of nitrogens with one attached hydrogen (secondary N) is 1. The summed E-state index contributed by atoms with van der Waals surface area (Å²) in [5.41, 5.74) is 1.92. The number of rotatable bonds is 5. The molecule has 0 saturated carbocycles. The van der Waals surface area contributed by atoms with Crippen molar-refractivity contribution < 1.29 is 14.3 Å². The number of aromatic nitrogens is 2. The SMILES string of the molecule is O=C1COc2ccc(C(=O)CSc3nn(-c4ccccc4)c(=S)s3)cc2N1. The van der Waals surface area contributed by atoms with E-state index in [-0.39, 0.29) is 24.1 Å². The van der Waals surface area contributed by atoms with E-state index in [1.165, 1.54) is 23.1 Å². The van der Waals surface area contributed by atoms with Crippen molar-refractivity contribution in [1.82, 2.24) is 9.78 Å². The Morgan fingerprint density at radius 2 is 2.11 bits per heavy atom. The van der Waals surface area contributed by atoms with E-state index in [0.29, 0.717) is 21.0 Å². The lowest BCUT2D eigenvalue weighted by Gasteiger charge is -2.18. The molecule has 27 heavy (non-hydrogen) atoms. The number of carbonyl (C=O) groups excluding carboxylic acids is 2. The third-order valence-corrected chi connectivity index (χ3v) is 6.16. The van der Waals surface area contributed by atoms with Crippen molar-refractivity contribution in [3.63, 3.8) is 0 Å². The van der Waals surface area contributed by atoms with Crippen LogP contribution in [0.1, 0.15) is 10.4 Å². The van der Waals surface area contributed by atoms with Crippen LogP contribution in [0.25, 0.3) is 5.69 Å². The smallest absolute Gasteiger partial charge is 0.262 e. The summed E-state index contributed by atoms with van der Waals surface area (Å²) in [6.45, 7) is -0.00891. The van der Waals surface area contributed by atoms with E-state index < -0.39 is 0 Å². The first-order valence-corrected chi connectivity index (χ1v) is 10.2. The summed E-state index contributed by atoms with van der Waals surface area (Å²) >= 11 is 8.09. The molecular formula is C18H13N3O3S3. The summed E-state index contributed by atoms with van der Waals surface area (Å²) in [4.78, 5) is 23.9. The van der Waals surface area contributed by atoms with Crippen LogP contribution in [0.5, 0.6) is 5.75 Å². The molecule has 1 N–H and O–H groups in total. The fourth-order valence-corrected chi connectivity index (χ4v) is 4.77. The Kier molecular flexibility index (Phi) is 5.06. The predicted octanol–water partition coefficient (Wildman–Crippen LogP) is 3.97. The molecule has 0 spiro atoms. The van der Waals surface area contributed by atoms with Gasteiger partial charge in [0.05, 0.1) is 17.1 Å². The number of benzene rings is 2. The van der Waals surface area contributed by atoms with E-state index >= 15 is 0 Å². The van der Waals surface area contributed by atoms with Gasteiger partial charge in [-0.3, -0.25) is 9.59 Å². The van der Waals surface area contributed by atoms with Gasteiger partial charge in [-0.25, -0.2) is 4.68 Å². The largest absolute Gasteiger partial charge is 0.482 e. The van der Waals surface area contributed by atoms with E-state index in [2.05, 4.69) is 10.4 Å². The maximum atomic E-state index is 12.5. The molecule has 2 aromatic carbocycles. The van der Waals surface area contributed by atoms with Crippen LogP contribution < -0.4 is 10.1 Å². The molecule has 6 nitrogen and oxygen atoms in total. The average Bonchev–Trinajstić information content (AvgIpc) is 3.06. The van der Waals surface area contributed by atoms with Gasteiger partial charge in [0.25, 0.3) is 5.91 Å². The number of ketones is 1. The highest BCUT2D eigenvalue weighted by atomic mass is 32.2. The number of Topliss-reactive ketones (excluding diaryl/α,β-unsaturated/α-hetero) is 1. The highest BCUT2D eigenvalue weighted by molar-refractivity contribution is 8.01. The van der Waals surface area contributed by atoms with Crippen LogP contribution >= 0.6 is 35.3 Å². The first kappa shape index (κ1) is 17.9. The lowest BCUT2D eigenvalue weighted by atomic mass is 10.1. The number of amides is 1. The van der Waals surface area contributed by atoms with Crippen molar-refractivity contribution in [3.8, 4) is 11.4 Å². The fourth-order valence-electron chi connectivity index (χ4n) is 2.52. The van der Waals surface area contributed by atoms with Gasteiger partial charge < -0.3 is 10.1 Å². The van der Waals surface area contributed by atoms with Crippen molar-refractivity contribution in [2.75, 3.05) is 17.7 Å². The lowest BCUT2D eigenvalue weighted by molar-refractivity contribution is -0.118. The number of carbonyl (C=O) groups is 2. The zero-order chi connectivity index (χ0) is 18.8. The highest BCUT2D eigenvalue weighted by Crippen LogP contribution is 2.30. The zero-order valence-corrected chi connectivity index (χ0v) is 16.3. The fraction of sp³-hybridized carbons (Fsp3) is 0.111. The van der Waals surface area contributed by atoms with Crippen LogP contribution in [0.3, 0.4) is 0 Å². The summed E-state index contributed by atoms with van der Waals surface area (Å²) in [5, 5.41) is 7.20. The van der Waals surface area contributed by atoms with Gasteiger partial charge in [-0.05, 0) is 42.5 Å². The van der Waals surface area contributed by atoms with E-state index in [4.69, 9.17) is 17.0 Å². The van der Waals surface area contributed by atoms with Gasteiger partial charge >= 0.3 is 0 Å². The minimum atomic E-state index is -0.229. The number of hydrogen-bond donors (Lipinski definition) is 1. The quantitative estimate of drug-likeness (QED) is 0.386. The van der Waals surface area contributed by atoms with Crippen LogP contribution in [0.2, 0.25) is 0 Å². The highest BCUT2D eigenvalue weighted by Gasteiger charge is 2.18. The van der Waals surface area contributed by atoms with Gasteiger partial charge in [0.15, 0.2) is 20.7 Å². The Bertz CT molecular complexity index is 1080. The normalized spacial score (nSPS) is 12.8. The summed E-state index contributed by atoms with van der Waals surface area (Å²) in [6.07, 6.45) is 0. The topological polar surface area (TPSA) is 73.2 Å². The molecule has 0 bridgehead atoms. The number of nitrogens with zero attached hydrogens (tertiary/aromatic N) is 2. The Morgan fingerprint density at radius 1 is 1.30 bits per heavy atom. The maximum Gasteiger partial charge on any atom is 0.262 e. The van der Waals surface area contributed by atoms with Crippen LogP contribution in [-0.4, -0.2) is 33.8 Å². The molecule has 0 radical (unpaired) electrons. The maximum absolute atomic E-state index is 12.5. The third kappa shape index (κ3) is 3.95. The molecule has 0 atom stereocenters. The zero-order valence-electron chi connectivity index (χ0n) is 13.9. The van der Waals surface area contributed by atoms with Crippen molar-refractivity contribution >= 4 is 52.7 Å². The standard InChI is InChI=1S/C18H13N3O3S3/c22-14(11-6-7-15-13(8-11)19-16(23)9-24-15)10-26-17-20-21(18(25)27-17)12-4-2-1-3-5-12/h1-8H,9-10H2,(H,19,23). The molecule has 1 aromatic heterocycles. The van der Waals surface area contributed by atoms with Gasteiger partial charge in [-0.1, -0.05) is 41.3 Å². The van der Waals surface area contributed by atoms with Crippen LogP contribution in [-0.2, 0) is 4.79 Å². The molecule has 1 aliphatic heterocycles. The van der Waals surface area contributed by atoms with Crippen LogP contribution in [0.4, 0.5) is 5.69 Å². The molecule has 1 amide bonds. The number of para-hydroxylation sites is 1. The molecule has 1 aliphatic rings. The summed E-state index contributed by atoms with van der Waals surface area (Å²) < 4.78 is 8.36. The second-order valence-corrected chi connectivity index (χ2v) is 8.49.